The number of carbonyl (C=O) groups excluding carboxylic acids is 1. The van der Waals surface area contributed by atoms with Crippen LogP contribution >= 0.6 is 0 Å². The van der Waals surface area contributed by atoms with E-state index in [9.17, 15) is 4.79 Å². The number of hydrogen-bond acceptors (Lipinski definition) is 4. The van der Waals surface area contributed by atoms with E-state index < -0.39 is 0 Å². The molecular formula is C10H20N2O3. The predicted octanol–water partition coefficient (Wildman–Crippen LogP) is 0.583. The molecule has 1 heterocycles. The van der Waals surface area contributed by atoms with Crippen molar-refractivity contribution in [1.29, 1.82) is 0 Å². The molecule has 1 aliphatic heterocycles. The van der Waals surface area contributed by atoms with Crippen LogP contribution in [0.4, 0.5) is 4.79 Å². The summed E-state index contributed by atoms with van der Waals surface area (Å²) in [6.07, 6.45) is 2.71. The Labute approximate surface area is 90.5 Å². The Morgan fingerprint density at radius 1 is 1.47 bits per heavy atom. The molecule has 0 aromatic rings. The minimum absolute atomic E-state index is 0.240. The van der Waals surface area contributed by atoms with Gasteiger partial charge < -0.3 is 20.1 Å². The van der Waals surface area contributed by atoms with Gasteiger partial charge in [0.25, 0.3) is 0 Å². The van der Waals surface area contributed by atoms with Crippen LogP contribution in [0.2, 0.25) is 0 Å². The van der Waals surface area contributed by atoms with Crippen LogP contribution in [0.25, 0.3) is 0 Å². The molecule has 0 aromatic carbocycles. The van der Waals surface area contributed by atoms with E-state index >= 15 is 0 Å². The molecule has 0 unspecified atom stereocenters. The van der Waals surface area contributed by atoms with Crippen molar-refractivity contribution in [3.8, 4) is 0 Å². The highest BCUT2D eigenvalue weighted by molar-refractivity contribution is 5.67. The number of carbonyl (C=O) groups is 1. The van der Waals surface area contributed by atoms with E-state index in [1.165, 1.54) is 7.11 Å². The van der Waals surface area contributed by atoms with Crippen LogP contribution in [0.5, 0.6) is 0 Å². The summed E-state index contributed by atoms with van der Waals surface area (Å²) in [6.45, 7) is 2.83. The van der Waals surface area contributed by atoms with E-state index in [1.54, 1.807) is 4.90 Å². The molecule has 0 aromatic heterocycles. The van der Waals surface area contributed by atoms with Crippen LogP contribution in [0.15, 0.2) is 0 Å². The lowest BCUT2D eigenvalue weighted by Crippen LogP contribution is -2.40. The lowest BCUT2D eigenvalue weighted by Gasteiger charge is -2.30. The van der Waals surface area contributed by atoms with Crippen molar-refractivity contribution in [3.63, 3.8) is 0 Å². The van der Waals surface area contributed by atoms with Gasteiger partial charge in [0, 0.05) is 19.7 Å². The Bertz CT molecular complexity index is 191. The highest BCUT2D eigenvalue weighted by Gasteiger charge is 2.23. The Morgan fingerprint density at radius 3 is 2.67 bits per heavy atom. The topological polar surface area (TPSA) is 64.8 Å². The van der Waals surface area contributed by atoms with Gasteiger partial charge in [-0.1, -0.05) is 0 Å². The maximum Gasteiger partial charge on any atom is 0.409 e. The van der Waals surface area contributed by atoms with Crippen molar-refractivity contribution < 1.29 is 14.3 Å². The van der Waals surface area contributed by atoms with Gasteiger partial charge in [-0.05, 0) is 25.8 Å². The fraction of sp³-hybridized carbons (Fsp3) is 0.900. The number of amides is 1. The van der Waals surface area contributed by atoms with Gasteiger partial charge in [-0.25, -0.2) is 4.79 Å². The number of rotatable bonds is 4. The Hall–Kier alpha value is -0.810. The largest absolute Gasteiger partial charge is 0.453 e. The first-order valence-corrected chi connectivity index (χ1v) is 5.42. The molecule has 0 spiro atoms. The summed E-state index contributed by atoms with van der Waals surface area (Å²) < 4.78 is 10.3. The second kappa shape index (κ2) is 6.63. The standard InChI is InChI=1S/C10H20N2O3/c1-14-10(13)12-6-3-9(4-7-12)15-8-2-5-11/h9H,2-8,11H2,1H3. The number of likely N-dealkylation sites (tertiary alicyclic amines) is 1. The normalized spacial score (nSPS) is 17.9. The summed E-state index contributed by atoms with van der Waals surface area (Å²) in [5.74, 6) is 0. The zero-order chi connectivity index (χ0) is 11.1. The van der Waals surface area contributed by atoms with Crippen molar-refractivity contribution in [2.45, 2.75) is 25.4 Å². The third-order valence-corrected chi connectivity index (χ3v) is 2.58. The Kier molecular flexibility index (Phi) is 5.42. The van der Waals surface area contributed by atoms with Crippen LogP contribution in [0, 0.1) is 0 Å². The lowest BCUT2D eigenvalue weighted by atomic mass is 10.1. The molecule has 0 aliphatic carbocycles. The molecule has 0 radical (unpaired) electrons. The lowest BCUT2D eigenvalue weighted by molar-refractivity contribution is 0.00786. The summed E-state index contributed by atoms with van der Waals surface area (Å²) in [5.41, 5.74) is 5.37. The van der Waals surface area contributed by atoms with Gasteiger partial charge in [-0.2, -0.15) is 0 Å². The maximum absolute atomic E-state index is 11.2. The van der Waals surface area contributed by atoms with Crippen LogP contribution in [-0.4, -0.2) is 50.4 Å². The summed E-state index contributed by atoms with van der Waals surface area (Å²) >= 11 is 0. The first-order valence-electron chi connectivity index (χ1n) is 5.42. The van der Waals surface area contributed by atoms with E-state index in [1.807, 2.05) is 0 Å². The van der Waals surface area contributed by atoms with E-state index in [4.69, 9.17) is 10.5 Å². The number of nitrogens with zero attached hydrogens (tertiary/aromatic N) is 1. The molecule has 1 amide bonds. The molecule has 1 aliphatic rings. The zero-order valence-electron chi connectivity index (χ0n) is 9.28. The highest BCUT2D eigenvalue weighted by Crippen LogP contribution is 2.14. The molecule has 1 fully saturated rings. The molecule has 0 bridgehead atoms. The van der Waals surface area contributed by atoms with Crippen molar-refractivity contribution in [1.82, 2.24) is 4.90 Å². The molecule has 1 saturated heterocycles. The van der Waals surface area contributed by atoms with E-state index in [-0.39, 0.29) is 12.2 Å². The first kappa shape index (κ1) is 12.3. The average Bonchev–Trinajstić information content (AvgIpc) is 2.29. The molecule has 5 heteroatoms. The van der Waals surface area contributed by atoms with Gasteiger partial charge in [-0.15, -0.1) is 0 Å². The Balaban J connectivity index is 2.15. The fourth-order valence-corrected chi connectivity index (χ4v) is 1.67. The minimum Gasteiger partial charge on any atom is -0.453 e. The third kappa shape index (κ3) is 4.05. The molecule has 0 atom stereocenters. The molecule has 0 saturated carbocycles. The molecule has 5 nitrogen and oxygen atoms in total. The van der Waals surface area contributed by atoms with Crippen molar-refractivity contribution >= 4 is 6.09 Å². The summed E-state index contributed by atoms with van der Waals surface area (Å²) in [7, 11) is 1.41. The quantitative estimate of drug-likeness (QED) is 0.698. The predicted molar refractivity (Wildman–Crippen MR) is 56.6 cm³/mol. The second-order valence-corrected chi connectivity index (χ2v) is 3.67. The van der Waals surface area contributed by atoms with Crippen LogP contribution in [0.3, 0.4) is 0 Å². The SMILES string of the molecule is COC(=O)N1CCC(OCCCN)CC1. The maximum atomic E-state index is 11.2. The van der Waals surface area contributed by atoms with Gasteiger partial charge in [0.2, 0.25) is 0 Å². The average molecular weight is 216 g/mol. The fourth-order valence-electron chi connectivity index (χ4n) is 1.67. The second-order valence-electron chi connectivity index (χ2n) is 3.67. The summed E-state index contributed by atoms with van der Waals surface area (Å²) in [4.78, 5) is 12.9. The van der Waals surface area contributed by atoms with E-state index in [0.717, 1.165) is 39.0 Å². The number of ether oxygens (including phenoxy) is 2. The third-order valence-electron chi connectivity index (χ3n) is 2.58. The van der Waals surface area contributed by atoms with E-state index in [2.05, 4.69) is 4.74 Å². The van der Waals surface area contributed by atoms with E-state index in [0.29, 0.717) is 6.54 Å². The summed E-state index contributed by atoms with van der Waals surface area (Å²) in [6, 6.07) is 0. The van der Waals surface area contributed by atoms with Crippen LogP contribution in [0.1, 0.15) is 19.3 Å². The monoisotopic (exact) mass is 216 g/mol. The number of piperidine rings is 1. The minimum atomic E-state index is -0.240. The van der Waals surface area contributed by atoms with Crippen LogP contribution in [-0.2, 0) is 9.47 Å². The molecule has 1 rings (SSSR count). The van der Waals surface area contributed by atoms with Gasteiger partial charge in [-0.3, -0.25) is 0 Å². The van der Waals surface area contributed by atoms with Crippen LogP contribution < -0.4 is 5.73 Å². The van der Waals surface area contributed by atoms with Gasteiger partial charge in [0.1, 0.15) is 0 Å². The van der Waals surface area contributed by atoms with Crippen molar-refractivity contribution in [2.24, 2.45) is 5.73 Å². The highest BCUT2D eigenvalue weighted by atomic mass is 16.5. The van der Waals surface area contributed by atoms with Crippen molar-refractivity contribution in [3.05, 3.63) is 0 Å². The van der Waals surface area contributed by atoms with Crippen molar-refractivity contribution in [2.75, 3.05) is 33.4 Å². The smallest absolute Gasteiger partial charge is 0.409 e. The first-order chi connectivity index (χ1) is 7.27. The molecule has 15 heavy (non-hydrogen) atoms. The number of nitrogens with two attached hydrogens (primary N) is 1. The van der Waals surface area contributed by atoms with Gasteiger partial charge >= 0.3 is 6.09 Å². The zero-order valence-corrected chi connectivity index (χ0v) is 9.28. The number of methoxy groups -OCH3 is 1. The van der Waals surface area contributed by atoms with Gasteiger partial charge in [0.15, 0.2) is 0 Å². The van der Waals surface area contributed by atoms with Gasteiger partial charge in [0.05, 0.1) is 13.2 Å². The summed E-state index contributed by atoms with van der Waals surface area (Å²) in [5, 5.41) is 0. The molecule has 2 N–H and O–H groups in total. The molecule has 88 valence electrons. The molecular weight excluding hydrogens is 196 g/mol. The number of hydrogen-bond donors (Lipinski definition) is 1. The Morgan fingerprint density at radius 2 is 2.13 bits per heavy atom.